The number of ether oxygens (including phenoxy) is 2. The molecule has 21 heavy (non-hydrogen) atoms. The lowest BCUT2D eigenvalue weighted by Gasteiger charge is -2.18. The summed E-state index contributed by atoms with van der Waals surface area (Å²) in [6.45, 7) is 11.3. The van der Waals surface area contributed by atoms with Gasteiger partial charge in [0, 0.05) is 26.4 Å². The van der Waals surface area contributed by atoms with Crippen LogP contribution in [0.3, 0.4) is 0 Å². The summed E-state index contributed by atoms with van der Waals surface area (Å²) in [5.74, 6) is 0.750. The first-order valence-corrected chi connectivity index (χ1v) is 9.14. The predicted octanol–water partition coefficient (Wildman–Crippen LogP) is 3.64. The molecular formula is C15H33NO4P+. The van der Waals surface area contributed by atoms with Crippen LogP contribution in [0.2, 0.25) is 0 Å². The molecule has 0 bridgehead atoms. The lowest BCUT2D eigenvalue weighted by Crippen LogP contribution is -2.34. The highest BCUT2D eigenvalue weighted by molar-refractivity contribution is 7.35. The van der Waals surface area contributed by atoms with Crippen LogP contribution in [0, 0.1) is 5.92 Å². The molecule has 0 spiro atoms. The third kappa shape index (κ3) is 16.1. The van der Waals surface area contributed by atoms with Crippen molar-refractivity contribution in [1.82, 2.24) is 5.09 Å². The van der Waals surface area contributed by atoms with Gasteiger partial charge in [-0.05, 0) is 56.4 Å². The molecule has 0 saturated carbocycles. The zero-order valence-electron chi connectivity index (χ0n) is 14.1. The molecule has 1 unspecified atom stereocenters. The highest BCUT2D eigenvalue weighted by Crippen LogP contribution is 2.19. The summed E-state index contributed by atoms with van der Waals surface area (Å²) in [5, 5.41) is 2.65. The molecule has 0 saturated heterocycles. The molecule has 126 valence electrons. The first-order chi connectivity index (χ1) is 9.83. The molecule has 5 nitrogen and oxygen atoms in total. The standard InChI is InChI=1S/C15H32NO4P/c1-14(2)8-5-10-19-12-7-13-20-11-6-9-15(3,4)16-21(17)18/h14H,5-13H2,1-4H3,(H-,16,17,18)/p+1. The van der Waals surface area contributed by atoms with Crippen molar-refractivity contribution >= 4 is 8.18 Å². The maximum atomic E-state index is 10.7. The van der Waals surface area contributed by atoms with Crippen LogP contribution in [0.15, 0.2) is 0 Å². The fourth-order valence-electron chi connectivity index (χ4n) is 1.99. The number of nitrogens with one attached hydrogen (secondary N) is 1. The first-order valence-electron chi connectivity index (χ1n) is 7.93. The highest BCUT2D eigenvalue weighted by atomic mass is 31.1. The van der Waals surface area contributed by atoms with E-state index in [4.69, 9.17) is 14.4 Å². The Morgan fingerprint density at radius 3 is 2.10 bits per heavy atom. The van der Waals surface area contributed by atoms with Gasteiger partial charge in [-0.15, -0.1) is 4.89 Å². The van der Waals surface area contributed by atoms with Gasteiger partial charge < -0.3 is 9.47 Å². The van der Waals surface area contributed by atoms with Crippen LogP contribution in [0.25, 0.3) is 0 Å². The molecular weight excluding hydrogens is 289 g/mol. The second-order valence-electron chi connectivity index (χ2n) is 6.49. The molecule has 6 heteroatoms. The molecule has 0 aliphatic heterocycles. The topological polar surface area (TPSA) is 67.8 Å². The van der Waals surface area contributed by atoms with Crippen molar-refractivity contribution < 1.29 is 18.9 Å². The monoisotopic (exact) mass is 322 g/mol. The normalized spacial score (nSPS) is 13.0. The lowest BCUT2D eigenvalue weighted by molar-refractivity contribution is 0.0773. The summed E-state index contributed by atoms with van der Waals surface area (Å²) in [5.41, 5.74) is -0.328. The Kier molecular flexibility index (Phi) is 12.4. The van der Waals surface area contributed by atoms with Crippen molar-refractivity contribution in [3.63, 3.8) is 0 Å². The minimum atomic E-state index is -2.29. The zero-order chi connectivity index (χ0) is 16.1. The van der Waals surface area contributed by atoms with E-state index in [1.807, 2.05) is 13.8 Å². The summed E-state index contributed by atoms with van der Waals surface area (Å²) in [7, 11) is -2.29. The van der Waals surface area contributed by atoms with E-state index < -0.39 is 8.18 Å². The van der Waals surface area contributed by atoms with E-state index in [0.29, 0.717) is 13.2 Å². The number of hydrogen-bond donors (Lipinski definition) is 2. The highest BCUT2D eigenvalue weighted by Gasteiger charge is 2.27. The van der Waals surface area contributed by atoms with Gasteiger partial charge in [-0.25, -0.2) is 0 Å². The van der Waals surface area contributed by atoms with Gasteiger partial charge in [0.2, 0.25) is 0 Å². The van der Waals surface area contributed by atoms with E-state index >= 15 is 0 Å². The summed E-state index contributed by atoms with van der Waals surface area (Å²) in [6, 6.07) is 0. The lowest BCUT2D eigenvalue weighted by atomic mass is 10.0. The van der Waals surface area contributed by atoms with E-state index in [0.717, 1.165) is 44.8 Å². The molecule has 2 N–H and O–H groups in total. The maximum absolute atomic E-state index is 10.7. The zero-order valence-corrected chi connectivity index (χ0v) is 15.0. The first kappa shape index (κ1) is 20.9. The van der Waals surface area contributed by atoms with Crippen LogP contribution in [0.4, 0.5) is 0 Å². The van der Waals surface area contributed by atoms with E-state index in [2.05, 4.69) is 18.9 Å². The van der Waals surface area contributed by atoms with Crippen molar-refractivity contribution in [2.75, 3.05) is 26.4 Å². The Morgan fingerprint density at radius 1 is 1.05 bits per heavy atom. The van der Waals surface area contributed by atoms with Gasteiger partial charge in [0.05, 0.1) is 5.54 Å². The average molecular weight is 322 g/mol. The van der Waals surface area contributed by atoms with Crippen LogP contribution in [0.1, 0.15) is 59.8 Å². The predicted molar refractivity (Wildman–Crippen MR) is 86.6 cm³/mol. The summed E-state index contributed by atoms with van der Waals surface area (Å²) in [4.78, 5) is 8.83. The molecule has 0 amide bonds. The SMILES string of the molecule is CC(C)CCCOCCCOCCCC(C)(C)N[P+](=O)O. The molecule has 0 heterocycles. The van der Waals surface area contributed by atoms with Gasteiger partial charge in [-0.2, -0.15) is 0 Å². The molecule has 0 rings (SSSR count). The quantitative estimate of drug-likeness (QED) is 0.377. The summed E-state index contributed by atoms with van der Waals surface area (Å²) in [6.07, 6.45) is 4.96. The van der Waals surface area contributed by atoms with Gasteiger partial charge in [0.1, 0.15) is 0 Å². The van der Waals surface area contributed by atoms with Crippen molar-refractivity contribution in [3.05, 3.63) is 0 Å². The fraction of sp³-hybridized carbons (Fsp3) is 1.00. The Hall–Kier alpha value is -0.0600. The second-order valence-corrected chi connectivity index (χ2v) is 7.26. The van der Waals surface area contributed by atoms with Gasteiger partial charge in [-0.3, -0.25) is 0 Å². The van der Waals surface area contributed by atoms with Crippen LogP contribution in [-0.2, 0) is 14.0 Å². The smallest absolute Gasteiger partial charge is 0.381 e. The summed E-state index contributed by atoms with van der Waals surface area (Å²) < 4.78 is 21.8. The van der Waals surface area contributed by atoms with Crippen LogP contribution < -0.4 is 5.09 Å². The minimum Gasteiger partial charge on any atom is -0.381 e. The number of rotatable bonds is 14. The Labute approximate surface area is 130 Å². The van der Waals surface area contributed by atoms with E-state index in [9.17, 15) is 4.57 Å². The van der Waals surface area contributed by atoms with Crippen molar-refractivity contribution in [2.45, 2.75) is 65.3 Å². The molecule has 0 aliphatic rings. The molecule has 0 aromatic rings. The van der Waals surface area contributed by atoms with Gasteiger partial charge in [0.15, 0.2) is 0 Å². The third-order valence-corrected chi connectivity index (χ3v) is 3.93. The Balaban J connectivity index is 3.27. The fourth-order valence-corrected chi connectivity index (χ4v) is 2.62. The van der Waals surface area contributed by atoms with E-state index in [-0.39, 0.29) is 5.54 Å². The molecule has 0 aromatic carbocycles. The maximum Gasteiger partial charge on any atom is 0.610 e. The van der Waals surface area contributed by atoms with Crippen LogP contribution in [0.5, 0.6) is 0 Å². The van der Waals surface area contributed by atoms with Crippen LogP contribution in [-0.4, -0.2) is 36.9 Å². The van der Waals surface area contributed by atoms with Gasteiger partial charge in [0.25, 0.3) is 0 Å². The van der Waals surface area contributed by atoms with Gasteiger partial charge >= 0.3 is 8.18 Å². The Morgan fingerprint density at radius 2 is 1.57 bits per heavy atom. The molecule has 1 atom stereocenters. The largest absolute Gasteiger partial charge is 0.610 e. The van der Waals surface area contributed by atoms with Crippen LogP contribution >= 0.6 is 8.18 Å². The summed E-state index contributed by atoms with van der Waals surface area (Å²) >= 11 is 0. The molecule has 0 aromatic heterocycles. The van der Waals surface area contributed by atoms with Gasteiger partial charge in [-0.1, -0.05) is 18.9 Å². The van der Waals surface area contributed by atoms with E-state index in [1.54, 1.807) is 0 Å². The second kappa shape index (κ2) is 12.5. The molecule has 0 aliphatic carbocycles. The van der Waals surface area contributed by atoms with Crippen molar-refractivity contribution in [3.8, 4) is 0 Å². The minimum absolute atomic E-state index is 0.328. The van der Waals surface area contributed by atoms with Crippen molar-refractivity contribution in [2.24, 2.45) is 5.92 Å². The van der Waals surface area contributed by atoms with Crippen molar-refractivity contribution in [1.29, 1.82) is 0 Å². The third-order valence-electron chi connectivity index (χ3n) is 3.14. The number of hydrogen-bond acceptors (Lipinski definition) is 3. The molecule has 0 radical (unpaired) electrons. The van der Waals surface area contributed by atoms with E-state index in [1.165, 1.54) is 6.42 Å². The molecule has 0 fully saturated rings. The average Bonchev–Trinajstić information content (AvgIpc) is 2.33. The Bertz CT molecular complexity index is 272.